The molecule has 9 nitrogen and oxygen atoms in total. The number of hydrogen-bond donors (Lipinski definition) is 3. The van der Waals surface area contributed by atoms with Crippen LogP contribution in [0.3, 0.4) is 0 Å². The van der Waals surface area contributed by atoms with E-state index in [4.69, 9.17) is 10.5 Å². The van der Waals surface area contributed by atoms with Crippen LogP contribution < -0.4 is 21.1 Å². The first-order valence-corrected chi connectivity index (χ1v) is 8.91. The average molecular weight is 355 g/mol. The summed E-state index contributed by atoms with van der Waals surface area (Å²) in [6.07, 6.45) is 0.312. The zero-order chi connectivity index (χ0) is 17.7. The quantitative estimate of drug-likeness (QED) is 0.629. The molecule has 4 amide bonds. The van der Waals surface area contributed by atoms with E-state index in [9.17, 15) is 22.8 Å². The lowest BCUT2D eigenvalue weighted by molar-refractivity contribution is -0.122. The lowest BCUT2D eigenvalue weighted by atomic mass is 10.2. The van der Waals surface area contributed by atoms with Gasteiger partial charge in [-0.25, -0.2) is 13.2 Å². The maximum atomic E-state index is 11.7. The lowest BCUT2D eigenvalue weighted by Gasteiger charge is -2.12. The van der Waals surface area contributed by atoms with Crippen LogP contribution >= 0.6 is 0 Å². The van der Waals surface area contributed by atoms with Crippen molar-refractivity contribution in [2.24, 2.45) is 5.73 Å². The summed E-state index contributed by atoms with van der Waals surface area (Å²) in [6, 6.07) is 4.80. The van der Waals surface area contributed by atoms with E-state index in [0.29, 0.717) is 6.42 Å². The third-order valence-electron chi connectivity index (χ3n) is 3.33. The number of amides is 4. The van der Waals surface area contributed by atoms with Crippen LogP contribution in [0, 0.1) is 0 Å². The lowest BCUT2D eigenvalue weighted by Crippen LogP contribution is -2.46. The van der Waals surface area contributed by atoms with Gasteiger partial charge in [0, 0.05) is 6.04 Å². The van der Waals surface area contributed by atoms with Gasteiger partial charge in [-0.15, -0.1) is 0 Å². The van der Waals surface area contributed by atoms with Crippen molar-refractivity contribution in [3.8, 4) is 5.75 Å². The van der Waals surface area contributed by atoms with Crippen LogP contribution in [-0.2, 0) is 14.6 Å². The molecule has 1 saturated heterocycles. The van der Waals surface area contributed by atoms with Crippen molar-refractivity contribution >= 4 is 27.7 Å². The number of urea groups is 1. The molecule has 2 rings (SSSR count). The third kappa shape index (κ3) is 4.95. The Bertz CT molecular complexity index is 762. The SMILES string of the molecule is NC(=O)c1ccccc1OCC(=O)NC(=O)N[C@@H]1CCS(=O)(=O)C1. The van der Waals surface area contributed by atoms with Crippen LogP contribution in [0.1, 0.15) is 16.8 Å². The van der Waals surface area contributed by atoms with Gasteiger partial charge in [-0.2, -0.15) is 0 Å². The molecule has 4 N–H and O–H groups in total. The van der Waals surface area contributed by atoms with Crippen molar-refractivity contribution in [3.05, 3.63) is 29.8 Å². The summed E-state index contributed by atoms with van der Waals surface area (Å²) in [6.45, 7) is -0.499. The molecule has 1 aliphatic heterocycles. The Morgan fingerprint density at radius 3 is 2.58 bits per heavy atom. The molecule has 1 fully saturated rings. The zero-order valence-electron chi connectivity index (χ0n) is 12.7. The highest BCUT2D eigenvalue weighted by molar-refractivity contribution is 7.91. The van der Waals surface area contributed by atoms with Gasteiger partial charge in [0.2, 0.25) is 0 Å². The highest BCUT2D eigenvalue weighted by Crippen LogP contribution is 2.16. The summed E-state index contributed by atoms with van der Waals surface area (Å²) in [7, 11) is -3.12. The molecule has 1 atom stereocenters. The topological polar surface area (TPSA) is 145 Å². The number of nitrogens with one attached hydrogen (secondary N) is 2. The molecular weight excluding hydrogens is 338 g/mol. The second-order valence-corrected chi connectivity index (χ2v) is 7.50. The third-order valence-corrected chi connectivity index (χ3v) is 5.10. The highest BCUT2D eigenvalue weighted by Gasteiger charge is 2.29. The Balaban J connectivity index is 1.81. The number of rotatable bonds is 5. The van der Waals surface area contributed by atoms with Crippen molar-refractivity contribution in [2.45, 2.75) is 12.5 Å². The number of ether oxygens (including phenoxy) is 1. The molecule has 0 bridgehead atoms. The fourth-order valence-corrected chi connectivity index (χ4v) is 3.91. The van der Waals surface area contributed by atoms with Gasteiger partial charge in [0.05, 0.1) is 17.1 Å². The Kier molecular flexibility index (Phi) is 5.39. The van der Waals surface area contributed by atoms with Gasteiger partial charge in [-0.1, -0.05) is 12.1 Å². The summed E-state index contributed by atoms with van der Waals surface area (Å²) in [5.74, 6) is -1.45. The molecule has 10 heteroatoms. The number of carbonyl (C=O) groups is 3. The minimum absolute atomic E-state index is 0.0128. The van der Waals surface area contributed by atoms with E-state index in [0.717, 1.165) is 0 Å². The van der Waals surface area contributed by atoms with Gasteiger partial charge < -0.3 is 15.8 Å². The number of para-hydroxylation sites is 1. The Morgan fingerprint density at radius 1 is 1.25 bits per heavy atom. The average Bonchev–Trinajstić information content (AvgIpc) is 2.84. The largest absolute Gasteiger partial charge is 0.483 e. The first kappa shape index (κ1) is 17.7. The van der Waals surface area contributed by atoms with E-state index >= 15 is 0 Å². The number of hydrogen-bond acceptors (Lipinski definition) is 6. The number of primary amides is 1. The molecule has 1 aromatic carbocycles. The maximum absolute atomic E-state index is 11.7. The van der Waals surface area contributed by atoms with Crippen LogP contribution in [0.2, 0.25) is 0 Å². The van der Waals surface area contributed by atoms with E-state index in [-0.39, 0.29) is 22.8 Å². The highest BCUT2D eigenvalue weighted by atomic mass is 32.2. The first-order valence-electron chi connectivity index (χ1n) is 7.09. The molecular formula is C14H17N3O6S. The maximum Gasteiger partial charge on any atom is 0.321 e. The van der Waals surface area contributed by atoms with Gasteiger partial charge in [0.15, 0.2) is 16.4 Å². The molecule has 0 saturated carbocycles. The van der Waals surface area contributed by atoms with E-state index in [1.54, 1.807) is 12.1 Å². The van der Waals surface area contributed by atoms with Crippen LogP contribution in [0.15, 0.2) is 24.3 Å². The summed E-state index contributed by atoms with van der Waals surface area (Å²) in [5, 5.41) is 4.44. The standard InChI is InChI=1S/C14H17N3O6S/c15-13(19)10-3-1-2-4-11(10)23-7-12(18)17-14(20)16-9-5-6-24(21,22)8-9/h1-4,9H,5-8H2,(H2,15,19)(H2,16,17,18,20)/t9-/m1/s1. The van der Waals surface area contributed by atoms with Crippen molar-refractivity contribution in [1.82, 2.24) is 10.6 Å². The monoisotopic (exact) mass is 355 g/mol. The van der Waals surface area contributed by atoms with E-state index in [2.05, 4.69) is 5.32 Å². The summed E-state index contributed by atoms with van der Waals surface area (Å²) < 4.78 is 27.8. The van der Waals surface area contributed by atoms with Crippen LogP contribution in [0.5, 0.6) is 5.75 Å². The number of carbonyl (C=O) groups excluding carboxylic acids is 3. The Labute approximate surface area is 138 Å². The van der Waals surface area contributed by atoms with Crippen molar-refractivity contribution in [1.29, 1.82) is 0 Å². The molecule has 0 radical (unpaired) electrons. The first-order chi connectivity index (χ1) is 11.3. The van der Waals surface area contributed by atoms with Crippen LogP contribution in [0.25, 0.3) is 0 Å². The number of benzene rings is 1. The predicted molar refractivity (Wildman–Crippen MR) is 84.2 cm³/mol. The molecule has 0 aromatic heterocycles. The fraction of sp³-hybridized carbons (Fsp3) is 0.357. The Morgan fingerprint density at radius 2 is 1.96 bits per heavy atom. The molecule has 24 heavy (non-hydrogen) atoms. The molecule has 130 valence electrons. The zero-order valence-corrected chi connectivity index (χ0v) is 13.5. The summed E-state index contributed by atoms with van der Waals surface area (Å²) in [5.41, 5.74) is 5.30. The molecule has 0 spiro atoms. The minimum Gasteiger partial charge on any atom is -0.483 e. The van der Waals surface area contributed by atoms with Gasteiger partial charge in [0.25, 0.3) is 11.8 Å². The number of nitrogens with two attached hydrogens (primary N) is 1. The molecule has 0 unspecified atom stereocenters. The van der Waals surface area contributed by atoms with E-state index in [1.807, 2.05) is 5.32 Å². The predicted octanol–water partition coefficient (Wildman–Crippen LogP) is -0.823. The number of sulfone groups is 1. The molecule has 1 aliphatic rings. The minimum atomic E-state index is -3.12. The Hall–Kier alpha value is -2.62. The summed E-state index contributed by atoms with van der Waals surface area (Å²) in [4.78, 5) is 34.5. The molecule has 1 heterocycles. The molecule has 0 aliphatic carbocycles. The van der Waals surface area contributed by atoms with Gasteiger partial charge >= 0.3 is 6.03 Å². The second-order valence-electron chi connectivity index (χ2n) is 5.27. The van der Waals surface area contributed by atoms with E-state index < -0.39 is 40.3 Å². The summed E-state index contributed by atoms with van der Waals surface area (Å²) >= 11 is 0. The smallest absolute Gasteiger partial charge is 0.321 e. The van der Waals surface area contributed by atoms with Crippen molar-refractivity contribution in [3.63, 3.8) is 0 Å². The van der Waals surface area contributed by atoms with Crippen LogP contribution in [-0.4, -0.2) is 50.4 Å². The van der Waals surface area contributed by atoms with Crippen molar-refractivity contribution in [2.75, 3.05) is 18.1 Å². The fourth-order valence-electron chi connectivity index (χ4n) is 2.23. The van der Waals surface area contributed by atoms with Gasteiger partial charge in [-0.05, 0) is 18.6 Å². The molecule has 1 aromatic rings. The number of imide groups is 1. The van der Waals surface area contributed by atoms with Gasteiger partial charge in [-0.3, -0.25) is 14.9 Å². The normalized spacial score (nSPS) is 18.6. The van der Waals surface area contributed by atoms with E-state index in [1.165, 1.54) is 12.1 Å². The van der Waals surface area contributed by atoms with Crippen molar-refractivity contribution < 1.29 is 27.5 Å². The second kappa shape index (κ2) is 7.30. The van der Waals surface area contributed by atoms with Crippen LogP contribution in [0.4, 0.5) is 4.79 Å². The van der Waals surface area contributed by atoms with Gasteiger partial charge in [0.1, 0.15) is 5.75 Å².